The van der Waals surface area contributed by atoms with E-state index in [-0.39, 0.29) is 6.04 Å². The van der Waals surface area contributed by atoms with E-state index in [1.165, 1.54) is 0 Å². The lowest BCUT2D eigenvalue weighted by molar-refractivity contribution is 0.295. The number of benzene rings is 1. The van der Waals surface area contributed by atoms with Crippen molar-refractivity contribution >= 4 is 15.9 Å². The molecule has 0 radical (unpaired) electrons. The van der Waals surface area contributed by atoms with Crippen LogP contribution in [0.1, 0.15) is 42.5 Å². The van der Waals surface area contributed by atoms with Crippen LogP contribution in [-0.4, -0.2) is 11.7 Å². The second-order valence-corrected chi connectivity index (χ2v) is 5.97. The summed E-state index contributed by atoms with van der Waals surface area (Å²) in [5.74, 6) is 1.69. The van der Waals surface area contributed by atoms with Gasteiger partial charge in [0.05, 0.1) is 11.3 Å². The van der Waals surface area contributed by atoms with Crippen LogP contribution in [0.2, 0.25) is 0 Å². The fourth-order valence-electron chi connectivity index (χ4n) is 2.26. The van der Waals surface area contributed by atoms with Crippen LogP contribution in [-0.2, 0) is 6.61 Å². The first kappa shape index (κ1) is 16.0. The minimum atomic E-state index is 0.229. The molecule has 4 nitrogen and oxygen atoms in total. The van der Waals surface area contributed by atoms with Crippen LogP contribution in [0, 0.1) is 13.8 Å². The summed E-state index contributed by atoms with van der Waals surface area (Å²) in [5.41, 5.74) is 3.03. The monoisotopic (exact) mass is 352 g/mol. The van der Waals surface area contributed by atoms with Crippen molar-refractivity contribution in [3.8, 4) is 5.75 Å². The van der Waals surface area contributed by atoms with Crippen LogP contribution < -0.4 is 10.1 Å². The van der Waals surface area contributed by atoms with E-state index in [0.717, 1.165) is 39.3 Å². The summed E-state index contributed by atoms with van der Waals surface area (Å²) >= 11 is 3.52. The predicted molar refractivity (Wildman–Crippen MR) is 86.5 cm³/mol. The van der Waals surface area contributed by atoms with Crippen LogP contribution in [0.25, 0.3) is 0 Å². The number of aromatic nitrogens is 1. The molecule has 0 amide bonds. The van der Waals surface area contributed by atoms with E-state index in [1.807, 2.05) is 26.0 Å². The molecule has 0 saturated heterocycles. The summed E-state index contributed by atoms with van der Waals surface area (Å²) in [7, 11) is 0. The second-order valence-electron chi connectivity index (χ2n) is 5.05. The quantitative estimate of drug-likeness (QED) is 0.841. The van der Waals surface area contributed by atoms with Gasteiger partial charge in [-0.05, 0) is 45.5 Å². The van der Waals surface area contributed by atoms with Gasteiger partial charge in [-0.3, -0.25) is 0 Å². The Labute approximate surface area is 134 Å². The molecule has 0 aliphatic rings. The topological polar surface area (TPSA) is 47.3 Å². The summed E-state index contributed by atoms with van der Waals surface area (Å²) < 4.78 is 12.2. The van der Waals surface area contributed by atoms with Gasteiger partial charge in [0.2, 0.25) is 0 Å². The van der Waals surface area contributed by atoms with Crippen LogP contribution in [0.3, 0.4) is 0 Å². The van der Waals surface area contributed by atoms with Gasteiger partial charge in [-0.25, -0.2) is 0 Å². The van der Waals surface area contributed by atoms with Crippen molar-refractivity contribution in [3.05, 3.63) is 45.3 Å². The lowest BCUT2D eigenvalue weighted by atomic mass is 10.1. The van der Waals surface area contributed by atoms with Gasteiger partial charge in [-0.2, -0.15) is 0 Å². The fourth-order valence-corrected chi connectivity index (χ4v) is 2.64. The Morgan fingerprint density at radius 1 is 1.38 bits per heavy atom. The molecule has 0 aliphatic heterocycles. The molecular formula is C16H21BrN2O2. The van der Waals surface area contributed by atoms with Crippen molar-refractivity contribution in [2.75, 3.05) is 6.54 Å². The molecule has 0 aliphatic carbocycles. The first-order chi connectivity index (χ1) is 10.0. The molecule has 1 heterocycles. The van der Waals surface area contributed by atoms with Gasteiger partial charge in [0.1, 0.15) is 18.1 Å². The number of nitrogens with zero attached hydrogens (tertiary/aromatic N) is 1. The van der Waals surface area contributed by atoms with Crippen molar-refractivity contribution in [1.29, 1.82) is 0 Å². The first-order valence-corrected chi connectivity index (χ1v) is 7.89. The van der Waals surface area contributed by atoms with E-state index in [1.54, 1.807) is 0 Å². The van der Waals surface area contributed by atoms with Gasteiger partial charge >= 0.3 is 0 Å². The van der Waals surface area contributed by atoms with E-state index in [0.29, 0.717) is 6.61 Å². The highest BCUT2D eigenvalue weighted by molar-refractivity contribution is 9.10. The number of hydrogen-bond acceptors (Lipinski definition) is 4. The zero-order valence-corrected chi connectivity index (χ0v) is 14.5. The highest BCUT2D eigenvalue weighted by Gasteiger charge is 2.14. The Morgan fingerprint density at radius 3 is 2.76 bits per heavy atom. The van der Waals surface area contributed by atoms with Crippen molar-refractivity contribution in [1.82, 2.24) is 10.5 Å². The second kappa shape index (κ2) is 7.09. The smallest absolute Gasteiger partial charge is 0.140 e. The lowest BCUT2D eigenvalue weighted by Gasteiger charge is -2.18. The van der Waals surface area contributed by atoms with E-state index in [4.69, 9.17) is 9.26 Å². The maximum absolute atomic E-state index is 6.00. The number of ether oxygens (including phenoxy) is 1. The number of aryl methyl sites for hydroxylation is 2. The van der Waals surface area contributed by atoms with Crippen LogP contribution in [0.4, 0.5) is 0 Å². The van der Waals surface area contributed by atoms with E-state index in [9.17, 15) is 0 Å². The SMILES string of the molecule is CCNC(C)c1cc(Br)ccc1OCc1c(C)noc1C. The van der Waals surface area contributed by atoms with E-state index < -0.39 is 0 Å². The molecule has 1 aromatic heterocycles. The summed E-state index contributed by atoms with van der Waals surface area (Å²) in [5, 5.41) is 7.37. The number of hydrogen-bond donors (Lipinski definition) is 1. The van der Waals surface area contributed by atoms with Gasteiger partial charge in [0, 0.05) is 16.1 Å². The number of halogens is 1. The van der Waals surface area contributed by atoms with Crippen molar-refractivity contribution in [2.45, 2.75) is 40.3 Å². The maximum atomic E-state index is 6.00. The molecular weight excluding hydrogens is 332 g/mol. The zero-order valence-electron chi connectivity index (χ0n) is 12.9. The van der Waals surface area contributed by atoms with Crippen molar-refractivity contribution in [3.63, 3.8) is 0 Å². The third-order valence-electron chi connectivity index (χ3n) is 3.50. The minimum Gasteiger partial charge on any atom is -0.488 e. The molecule has 1 aromatic carbocycles. The maximum Gasteiger partial charge on any atom is 0.140 e. The number of nitrogens with one attached hydrogen (secondary N) is 1. The highest BCUT2D eigenvalue weighted by Crippen LogP contribution is 2.29. The molecule has 1 N–H and O–H groups in total. The van der Waals surface area contributed by atoms with E-state index in [2.05, 4.69) is 46.3 Å². The fraction of sp³-hybridized carbons (Fsp3) is 0.438. The first-order valence-electron chi connectivity index (χ1n) is 7.10. The highest BCUT2D eigenvalue weighted by atomic mass is 79.9. The van der Waals surface area contributed by atoms with Gasteiger partial charge in [-0.1, -0.05) is 28.0 Å². The molecule has 0 fully saturated rings. The molecule has 114 valence electrons. The van der Waals surface area contributed by atoms with Crippen LogP contribution in [0.5, 0.6) is 5.75 Å². The average Bonchev–Trinajstić information content (AvgIpc) is 2.77. The Kier molecular flexibility index (Phi) is 5.42. The standard InChI is InChI=1S/C16H21BrN2O2/c1-5-18-10(2)14-8-13(17)6-7-16(14)20-9-15-11(3)19-21-12(15)4/h6-8,10,18H,5,9H2,1-4H3. The Balaban J connectivity index is 2.19. The summed E-state index contributed by atoms with van der Waals surface area (Å²) in [6.07, 6.45) is 0. The Bertz CT molecular complexity index is 591. The third kappa shape index (κ3) is 3.86. The molecule has 1 atom stereocenters. The van der Waals surface area contributed by atoms with Crippen LogP contribution in [0.15, 0.2) is 27.2 Å². The average molecular weight is 353 g/mol. The Hall–Kier alpha value is -1.33. The lowest BCUT2D eigenvalue weighted by Crippen LogP contribution is -2.18. The molecule has 2 aromatic rings. The van der Waals surface area contributed by atoms with E-state index >= 15 is 0 Å². The minimum absolute atomic E-state index is 0.229. The molecule has 0 saturated carbocycles. The molecule has 2 rings (SSSR count). The van der Waals surface area contributed by atoms with Gasteiger partial charge in [0.15, 0.2) is 0 Å². The summed E-state index contributed by atoms with van der Waals surface area (Å²) in [4.78, 5) is 0. The molecule has 21 heavy (non-hydrogen) atoms. The molecule has 0 spiro atoms. The summed E-state index contributed by atoms with van der Waals surface area (Å²) in [6.45, 7) is 9.44. The molecule has 0 bridgehead atoms. The van der Waals surface area contributed by atoms with Gasteiger partial charge in [0.25, 0.3) is 0 Å². The van der Waals surface area contributed by atoms with Crippen molar-refractivity contribution < 1.29 is 9.26 Å². The molecule has 5 heteroatoms. The Morgan fingerprint density at radius 2 is 2.14 bits per heavy atom. The normalized spacial score (nSPS) is 12.4. The number of rotatable bonds is 6. The largest absolute Gasteiger partial charge is 0.488 e. The predicted octanol–water partition coefficient (Wildman–Crippen LogP) is 4.30. The summed E-state index contributed by atoms with van der Waals surface area (Å²) in [6, 6.07) is 6.30. The van der Waals surface area contributed by atoms with Gasteiger partial charge < -0.3 is 14.6 Å². The van der Waals surface area contributed by atoms with Gasteiger partial charge in [-0.15, -0.1) is 0 Å². The van der Waals surface area contributed by atoms with Crippen molar-refractivity contribution in [2.24, 2.45) is 0 Å². The van der Waals surface area contributed by atoms with Crippen LogP contribution >= 0.6 is 15.9 Å². The zero-order chi connectivity index (χ0) is 15.4. The molecule has 1 unspecified atom stereocenters. The third-order valence-corrected chi connectivity index (χ3v) is 4.00.